The topological polar surface area (TPSA) is 93.1 Å². The van der Waals surface area contributed by atoms with E-state index in [9.17, 15) is 14.7 Å². The summed E-state index contributed by atoms with van der Waals surface area (Å²) in [6.45, 7) is 3.95. The second kappa shape index (κ2) is 17.0. The number of Topliss-reactive ketones (excluding diaryl/α,β-unsaturated/α-hetero) is 1. The third-order valence-electron chi connectivity index (χ3n) is 5.95. The highest BCUT2D eigenvalue weighted by atomic mass is 16.7. The van der Waals surface area contributed by atoms with Gasteiger partial charge in [0, 0.05) is 18.8 Å². The van der Waals surface area contributed by atoms with Crippen molar-refractivity contribution in [2.75, 3.05) is 19.8 Å². The smallest absolute Gasteiger partial charge is 0.366 e. The maximum absolute atomic E-state index is 12.3. The molecule has 1 aliphatic rings. The van der Waals surface area contributed by atoms with Crippen LogP contribution in [-0.4, -0.2) is 47.6 Å². The average molecular weight is 453 g/mol. The Morgan fingerprint density at radius 2 is 1.88 bits per heavy atom. The highest BCUT2D eigenvalue weighted by molar-refractivity contribution is 5.83. The molecule has 1 fully saturated rings. The monoisotopic (exact) mass is 452 g/mol. The minimum absolute atomic E-state index is 0.0842. The SMILES string of the molecule is CCC=CCCC=C[C@H]1CCC(=O)[C@@H]1CCCCCC(O)(OCCO)C(=O)OCCCC. The van der Waals surface area contributed by atoms with Crippen molar-refractivity contribution < 1.29 is 29.3 Å². The van der Waals surface area contributed by atoms with Crippen LogP contribution in [0.25, 0.3) is 0 Å². The number of aliphatic hydroxyl groups is 2. The third kappa shape index (κ3) is 10.9. The molecule has 0 aromatic rings. The van der Waals surface area contributed by atoms with Gasteiger partial charge in [-0.1, -0.05) is 57.4 Å². The van der Waals surface area contributed by atoms with Crippen LogP contribution in [0.3, 0.4) is 0 Å². The van der Waals surface area contributed by atoms with Crippen LogP contribution in [0.1, 0.15) is 90.9 Å². The third-order valence-corrected chi connectivity index (χ3v) is 5.95. The molecule has 6 heteroatoms. The molecule has 0 aromatic carbocycles. The molecule has 32 heavy (non-hydrogen) atoms. The Bertz CT molecular complexity index is 585. The van der Waals surface area contributed by atoms with Gasteiger partial charge in [0.2, 0.25) is 0 Å². The first-order valence-corrected chi connectivity index (χ1v) is 12.5. The number of ketones is 1. The molecule has 0 heterocycles. The molecule has 1 aliphatic carbocycles. The summed E-state index contributed by atoms with van der Waals surface area (Å²) in [5.74, 6) is -2.04. The molecule has 1 unspecified atom stereocenters. The number of ether oxygens (including phenoxy) is 2. The van der Waals surface area contributed by atoms with Gasteiger partial charge < -0.3 is 19.7 Å². The van der Waals surface area contributed by atoms with E-state index in [0.717, 1.165) is 57.8 Å². The Labute approximate surface area is 194 Å². The molecule has 0 radical (unpaired) electrons. The standard InChI is InChI=1S/C26H44O6/c1-3-5-7-8-9-11-14-22-16-17-24(28)23(22)15-12-10-13-18-26(30,32-21-19-27)25(29)31-20-6-4-2/h5,7,11,14,22-23,27,30H,3-4,6,8-10,12-13,15-21H2,1-2H3/t22-,23+,26?/m0/s1. The van der Waals surface area contributed by atoms with Crippen molar-refractivity contribution >= 4 is 11.8 Å². The lowest BCUT2D eigenvalue weighted by Crippen LogP contribution is -2.43. The van der Waals surface area contributed by atoms with Gasteiger partial charge in [-0.15, -0.1) is 0 Å². The Kier molecular flexibility index (Phi) is 15.2. The predicted octanol–water partition coefficient (Wildman–Crippen LogP) is 4.88. The first-order valence-electron chi connectivity index (χ1n) is 12.5. The molecule has 1 saturated carbocycles. The number of esters is 1. The molecule has 1 rings (SSSR count). The lowest BCUT2D eigenvalue weighted by Gasteiger charge is -2.26. The number of unbranched alkanes of at least 4 members (excludes halogenated alkanes) is 4. The van der Waals surface area contributed by atoms with Crippen molar-refractivity contribution in [3.63, 3.8) is 0 Å². The van der Waals surface area contributed by atoms with Gasteiger partial charge in [0.25, 0.3) is 5.79 Å². The molecule has 0 saturated heterocycles. The molecule has 0 bridgehead atoms. The maximum atomic E-state index is 12.3. The van der Waals surface area contributed by atoms with E-state index in [2.05, 4.69) is 31.2 Å². The minimum Gasteiger partial charge on any atom is -0.462 e. The van der Waals surface area contributed by atoms with Crippen LogP contribution >= 0.6 is 0 Å². The Balaban J connectivity index is 2.42. The quantitative estimate of drug-likeness (QED) is 0.133. The van der Waals surface area contributed by atoms with Crippen molar-refractivity contribution in [2.24, 2.45) is 11.8 Å². The molecule has 0 spiro atoms. The fraction of sp³-hybridized carbons (Fsp3) is 0.769. The first-order chi connectivity index (χ1) is 15.5. The number of rotatable bonds is 18. The molecular weight excluding hydrogens is 408 g/mol. The summed E-state index contributed by atoms with van der Waals surface area (Å²) < 4.78 is 10.4. The molecule has 184 valence electrons. The summed E-state index contributed by atoms with van der Waals surface area (Å²) in [5, 5.41) is 19.6. The molecular formula is C26H44O6. The van der Waals surface area contributed by atoms with Gasteiger partial charge in [0.05, 0.1) is 19.8 Å². The molecule has 0 aromatic heterocycles. The second-order valence-corrected chi connectivity index (χ2v) is 8.61. The van der Waals surface area contributed by atoms with E-state index < -0.39 is 11.8 Å². The molecule has 6 nitrogen and oxygen atoms in total. The molecule has 3 atom stereocenters. The number of hydrogen-bond donors (Lipinski definition) is 2. The van der Waals surface area contributed by atoms with E-state index in [1.807, 2.05) is 6.92 Å². The largest absolute Gasteiger partial charge is 0.462 e. The summed E-state index contributed by atoms with van der Waals surface area (Å²) in [5.41, 5.74) is 0. The number of carbonyl (C=O) groups excluding carboxylic acids is 2. The summed E-state index contributed by atoms with van der Waals surface area (Å²) in [6.07, 6.45) is 18.3. The predicted molar refractivity (Wildman–Crippen MR) is 126 cm³/mol. The van der Waals surface area contributed by atoms with Crippen molar-refractivity contribution in [3.8, 4) is 0 Å². The maximum Gasteiger partial charge on any atom is 0.366 e. The summed E-state index contributed by atoms with van der Waals surface area (Å²) >= 11 is 0. The van der Waals surface area contributed by atoms with Crippen LogP contribution in [0.15, 0.2) is 24.3 Å². The van der Waals surface area contributed by atoms with Crippen LogP contribution in [0.2, 0.25) is 0 Å². The van der Waals surface area contributed by atoms with E-state index in [4.69, 9.17) is 14.6 Å². The fourth-order valence-electron chi connectivity index (χ4n) is 4.06. The normalized spacial score (nSPS) is 20.9. The second-order valence-electron chi connectivity index (χ2n) is 8.61. The zero-order valence-electron chi connectivity index (χ0n) is 20.1. The summed E-state index contributed by atoms with van der Waals surface area (Å²) in [7, 11) is 0. The van der Waals surface area contributed by atoms with Crippen molar-refractivity contribution in [3.05, 3.63) is 24.3 Å². The number of allylic oxidation sites excluding steroid dienone is 4. The highest BCUT2D eigenvalue weighted by Gasteiger charge is 2.38. The lowest BCUT2D eigenvalue weighted by molar-refractivity contribution is -0.233. The van der Waals surface area contributed by atoms with E-state index in [1.165, 1.54) is 0 Å². The first kappa shape index (κ1) is 28.5. The van der Waals surface area contributed by atoms with E-state index in [0.29, 0.717) is 24.5 Å². The van der Waals surface area contributed by atoms with Crippen LogP contribution in [0.5, 0.6) is 0 Å². The average Bonchev–Trinajstić information content (AvgIpc) is 3.13. The van der Waals surface area contributed by atoms with Crippen LogP contribution in [-0.2, 0) is 19.1 Å². The Morgan fingerprint density at radius 3 is 2.59 bits per heavy atom. The minimum atomic E-state index is -2.02. The van der Waals surface area contributed by atoms with Gasteiger partial charge in [0.15, 0.2) is 0 Å². The number of hydrogen-bond acceptors (Lipinski definition) is 6. The summed E-state index contributed by atoms with van der Waals surface area (Å²) in [6, 6.07) is 0. The van der Waals surface area contributed by atoms with Gasteiger partial charge in [-0.2, -0.15) is 0 Å². The Morgan fingerprint density at radius 1 is 1.09 bits per heavy atom. The van der Waals surface area contributed by atoms with E-state index >= 15 is 0 Å². The van der Waals surface area contributed by atoms with Gasteiger partial charge in [-0.05, 0) is 50.9 Å². The zero-order chi connectivity index (χ0) is 23.7. The van der Waals surface area contributed by atoms with Crippen molar-refractivity contribution in [2.45, 2.75) is 96.7 Å². The van der Waals surface area contributed by atoms with Gasteiger partial charge in [-0.3, -0.25) is 4.79 Å². The Hall–Kier alpha value is -1.50. The van der Waals surface area contributed by atoms with Gasteiger partial charge >= 0.3 is 5.97 Å². The van der Waals surface area contributed by atoms with Crippen molar-refractivity contribution in [1.29, 1.82) is 0 Å². The summed E-state index contributed by atoms with van der Waals surface area (Å²) in [4.78, 5) is 24.6. The molecule has 2 N–H and O–H groups in total. The fourth-order valence-corrected chi connectivity index (χ4v) is 4.06. The van der Waals surface area contributed by atoms with E-state index in [-0.39, 0.29) is 32.2 Å². The van der Waals surface area contributed by atoms with Crippen LogP contribution in [0.4, 0.5) is 0 Å². The molecule has 0 amide bonds. The van der Waals surface area contributed by atoms with Crippen molar-refractivity contribution in [1.82, 2.24) is 0 Å². The number of carbonyl (C=O) groups is 2. The molecule has 0 aliphatic heterocycles. The van der Waals surface area contributed by atoms with Crippen LogP contribution in [0, 0.1) is 11.8 Å². The van der Waals surface area contributed by atoms with Gasteiger partial charge in [0.1, 0.15) is 5.78 Å². The lowest BCUT2D eigenvalue weighted by atomic mass is 9.89. The van der Waals surface area contributed by atoms with Crippen LogP contribution < -0.4 is 0 Å². The highest BCUT2D eigenvalue weighted by Crippen LogP contribution is 2.34. The van der Waals surface area contributed by atoms with Gasteiger partial charge in [-0.25, -0.2) is 4.79 Å². The number of aliphatic hydroxyl groups excluding tert-OH is 1. The zero-order valence-corrected chi connectivity index (χ0v) is 20.1. The van der Waals surface area contributed by atoms with E-state index in [1.54, 1.807) is 0 Å².